The van der Waals surface area contributed by atoms with Crippen molar-refractivity contribution in [2.45, 2.75) is 6.92 Å². The zero-order valence-corrected chi connectivity index (χ0v) is 8.77. The second kappa shape index (κ2) is 5.15. The van der Waals surface area contributed by atoms with Gasteiger partial charge in [0.1, 0.15) is 0 Å². The average Bonchev–Trinajstić information content (AvgIpc) is 2.18. The Morgan fingerprint density at radius 2 is 1.93 bits per heavy atom. The van der Waals surface area contributed by atoms with Gasteiger partial charge in [-0.05, 0) is 18.6 Å². The minimum absolute atomic E-state index is 0.833. The zero-order chi connectivity index (χ0) is 11.3. The summed E-state index contributed by atoms with van der Waals surface area (Å²) in [6.07, 6.45) is 1.83. The Kier molecular flexibility index (Phi) is 3.86. The first kappa shape index (κ1) is 11.2. The summed E-state index contributed by atoms with van der Waals surface area (Å²) in [4.78, 5) is 13.3. The van der Waals surface area contributed by atoms with E-state index < -0.39 is 5.87 Å². The normalized spacial score (nSPS) is 9.13. The lowest BCUT2D eigenvalue weighted by Crippen LogP contribution is -1.83. The van der Waals surface area contributed by atoms with Crippen LogP contribution in [0, 0.1) is 6.92 Å². The third kappa shape index (κ3) is 3.42. The van der Waals surface area contributed by atoms with Gasteiger partial charge in [0.2, 0.25) is 13.7 Å². The largest absolute Gasteiger partial charge is 0.490 e. The van der Waals surface area contributed by atoms with E-state index in [0.717, 1.165) is 13.4 Å². The number of para-hydroxylation sites is 1. The first-order chi connectivity index (χ1) is 7.11. The monoisotopic (exact) mass is 201 g/mol. The van der Waals surface area contributed by atoms with Crippen LogP contribution in [-0.4, -0.2) is 23.8 Å². The molecule has 0 fully saturated rings. The molecule has 0 unspecified atom stereocenters. The Balaban J connectivity index is 0.000000245. The molecule has 0 saturated heterocycles. The number of carboxylic acid groups (broad SMARTS) is 1. The van der Waals surface area contributed by atoms with Crippen LogP contribution in [-0.2, 0) is 0 Å². The van der Waals surface area contributed by atoms with Gasteiger partial charge in [0.15, 0.2) is 0 Å². The summed E-state index contributed by atoms with van der Waals surface area (Å²) in [5.41, 5.74) is 2.35. The molecule has 0 bridgehead atoms. The molecule has 1 aromatic carbocycles. The first-order valence-electron chi connectivity index (χ1n) is 4.61. The maximum absolute atomic E-state index is 9.00. The van der Waals surface area contributed by atoms with E-state index in [2.05, 4.69) is 36.2 Å². The first-order valence-corrected chi connectivity index (χ1v) is 4.61. The highest BCUT2D eigenvalue weighted by Gasteiger charge is 1.93. The van der Waals surface area contributed by atoms with E-state index in [1.165, 1.54) is 10.9 Å². The highest BCUT2D eigenvalue weighted by molar-refractivity contribution is 6.54. The number of pyridine rings is 1. The van der Waals surface area contributed by atoms with Gasteiger partial charge in [0.25, 0.3) is 0 Å². The number of benzene rings is 1. The molecule has 15 heavy (non-hydrogen) atoms. The Hall–Kier alpha value is -1.84. The van der Waals surface area contributed by atoms with Gasteiger partial charge in [0, 0.05) is 11.6 Å². The van der Waals surface area contributed by atoms with Gasteiger partial charge < -0.3 is 5.11 Å². The second-order valence-electron chi connectivity index (χ2n) is 3.17. The van der Waals surface area contributed by atoms with Crippen LogP contribution in [0.1, 0.15) is 5.56 Å². The molecule has 0 radical (unpaired) electrons. The van der Waals surface area contributed by atoms with E-state index in [9.17, 15) is 0 Å². The van der Waals surface area contributed by atoms with Crippen LogP contribution in [0.3, 0.4) is 0 Å². The maximum Gasteiger partial charge on any atom is 0.242 e. The van der Waals surface area contributed by atoms with Crippen LogP contribution >= 0.6 is 0 Å². The Morgan fingerprint density at radius 1 is 1.33 bits per heavy atom. The highest BCUT2D eigenvalue weighted by atomic mass is 16.4. The van der Waals surface area contributed by atoms with Crippen molar-refractivity contribution in [3.05, 3.63) is 42.1 Å². The molecule has 0 atom stereocenters. The van der Waals surface area contributed by atoms with Crippen LogP contribution in [0.4, 0.5) is 4.79 Å². The molecule has 0 aliphatic carbocycles. The summed E-state index contributed by atoms with van der Waals surface area (Å²) in [6, 6.07) is 10.3. The fourth-order valence-corrected chi connectivity index (χ4v) is 1.26. The standard InChI is InChI=1S/C10H9N.CH3BO2/c1-8-4-2-5-9-6-3-7-11-10(8)9;2-1(3)4/h2-7H,1H3;2H2,(H,3,4). The Labute approximate surface area is 89.2 Å². The molecule has 0 amide bonds. The predicted octanol–water partition coefficient (Wildman–Crippen LogP) is 1.84. The molecule has 1 heterocycles. The number of carbonyl (C=O) groups is 1. The fourth-order valence-electron chi connectivity index (χ4n) is 1.26. The van der Waals surface area contributed by atoms with Crippen molar-refractivity contribution in [3.8, 4) is 0 Å². The molecule has 3 nitrogen and oxygen atoms in total. The minimum atomic E-state index is -0.833. The van der Waals surface area contributed by atoms with Gasteiger partial charge >= 0.3 is 0 Å². The minimum Gasteiger partial charge on any atom is -0.490 e. The molecule has 0 aliphatic rings. The van der Waals surface area contributed by atoms with E-state index in [0.29, 0.717) is 0 Å². The summed E-state index contributed by atoms with van der Waals surface area (Å²) < 4.78 is 0. The smallest absolute Gasteiger partial charge is 0.242 e. The summed E-state index contributed by atoms with van der Waals surface area (Å²) in [7, 11) is 1.08. The van der Waals surface area contributed by atoms with Gasteiger partial charge in [-0.2, -0.15) is 0 Å². The van der Waals surface area contributed by atoms with E-state index in [1.807, 2.05) is 12.3 Å². The number of nitrogens with zero attached hydrogens (tertiary/aromatic N) is 1. The van der Waals surface area contributed by atoms with Gasteiger partial charge in [-0.1, -0.05) is 24.3 Å². The molecule has 1 N–H and O–H groups in total. The fraction of sp³-hybridized carbons (Fsp3) is 0.0909. The van der Waals surface area contributed by atoms with Crippen molar-refractivity contribution >= 4 is 24.6 Å². The summed E-state index contributed by atoms with van der Waals surface area (Å²) in [6.45, 7) is 2.08. The summed E-state index contributed by atoms with van der Waals surface area (Å²) >= 11 is 0. The zero-order valence-electron chi connectivity index (χ0n) is 8.77. The summed E-state index contributed by atoms with van der Waals surface area (Å²) in [5.74, 6) is -0.833. The number of rotatable bonds is 0. The number of aryl methyl sites for hydroxylation is 1. The van der Waals surface area contributed by atoms with Crippen molar-refractivity contribution in [2.75, 3.05) is 0 Å². The Bertz CT molecular complexity index is 462. The van der Waals surface area contributed by atoms with E-state index >= 15 is 0 Å². The SMILES string of the molecule is BC(=O)O.Cc1cccc2cccnc12. The third-order valence-corrected chi connectivity index (χ3v) is 1.83. The van der Waals surface area contributed by atoms with E-state index in [4.69, 9.17) is 9.90 Å². The number of fused-ring (bicyclic) bond motifs is 1. The third-order valence-electron chi connectivity index (χ3n) is 1.83. The number of hydrogen-bond acceptors (Lipinski definition) is 2. The number of hydrogen-bond donors (Lipinski definition) is 1. The molecule has 76 valence electrons. The van der Waals surface area contributed by atoms with E-state index in [1.54, 1.807) is 0 Å². The van der Waals surface area contributed by atoms with Crippen LogP contribution in [0.15, 0.2) is 36.5 Å². The van der Waals surface area contributed by atoms with Crippen molar-refractivity contribution in [1.82, 2.24) is 4.98 Å². The highest BCUT2D eigenvalue weighted by Crippen LogP contribution is 2.13. The molecule has 2 rings (SSSR count). The lowest BCUT2D eigenvalue weighted by molar-refractivity contribution is 0.220. The van der Waals surface area contributed by atoms with Gasteiger partial charge in [0.05, 0.1) is 5.52 Å². The van der Waals surface area contributed by atoms with Crippen LogP contribution in [0.2, 0.25) is 0 Å². The van der Waals surface area contributed by atoms with Crippen molar-refractivity contribution in [1.29, 1.82) is 0 Å². The molecular weight excluding hydrogens is 189 g/mol. The average molecular weight is 201 g/mol. The topological polar surface area (TPSA) is 50.2 Å². The Morgan fingerprint density at radius 3 is 2.53 bits per heavy atom. The molecule has 4 heteroatoms. The van der Waals surface area contributed by atoms with Crippen molar-refractivity contribution < 1.29 is 9.90 Å². The van der Waals surface area contributed by atoms with Gasteiger partial charge in [-0.25, -0.2) is 0 Å². The van der Waals surface area contributed by atoms with Crippen molar-refractivity contribution in [2.24, 2.45) is 0 Å². The van der Waals surface area contributed by atoms with Crippen LogP contribution < -0.4 is 0 Å². The second-order valence-corrected chi connectivity index (χ2v) is 3.17. The molecule has 0 spiro atoms. The van der Waals surface area contributed by atoms with Gasteiger partial charge in [-0.3, -0.25) is 9.78 Å². The maximum atomic E-state index is 9.00. The van der Waals surface area contributed by atoms with Gasteiger partial charge in [-0.15, -0.1) is 0 Å². The lowest BCUT2D eigenvalue weighted by atomic mass is 10.1. The predicted molar refractivity (Wildman–Crippen MR) is 63.0 cm³/mol. The van der Waals surface area contributed by atoms with Crippen LogP contribution in [0.5, 0.6) is 0 Å². The quantitative estimate of drug-likeness (QED) is 0.661. The molecule has 0 aliphatic heterocycles. The van der Waals surface area contributed by atoms with Crippen molar-refractivity contribution in [3.63, 3.8) is 0 Å². The molecular formula is C11H12BNO2. The lowest BCUT2D eigenvalue weighted by Gasteiger charge is -1.97. The van der Waals surface area contributed by atoms with Crippen LogP contribution in [0.25, 0.3) is 10.9 Å². The molecule has 2 aromatic rings. The van der Waals surface area contributed by atoms with E-state index in [-0.39, 0.29) is 0 Å². The summed E-state index contributed by atoms with van der Waals surface area (Å²) in [5, 5.41) is 8.63. The molecule has 0 saturated carbocycles. The number of aromatic nitrogens is 1. The molecule has 1 aromatic heterocycles.